The number of hydrogen-bond acceptors (Lipinski definition) is 0. The lowest BCUT2D eigenvalue weighted by molar-refractivity contribution is 0.168. The third-order valence-electron chi connectivity index (χ3n) is 7.57. The van der Waals surface area contributed by atoms with Crippen LogP contribution in [0.1, 0.15) is 131 Å². The van der Waals surface area contributed by atoms with Gasteiger partial charge < -0.3 is 0 Å². The van der Waals surface area contributed by atoms with Crippen LogP contribution >= 0.6 is 0 Å². The average molecular weight is 365 g/mol. The third kappa shape index (κ3) is 8.79. The lowest BCUT2D eigenvalue weighted by Gasteiger charge is -2.35. The van der Waals surface area contributed by atoms with Crippen molar-refractivity contribution in [1.82, 2.24) is 0 Å². The summed E-state index contributed by atoms with van der Waals surface area (Å²) in [5.74, 6) is 6.42. The minimum atomic E-state index is 1.02. The molecule has 0 aliphatic heterocycles. The van der Waals surface area contributed by atoms with Crippen LogP contribution in [-0.4, -0.2) is 0 Å². The molecule has 3 aliphatic rings. The van der Waals surface area contributed by atoms with Crippen molar-refractivity contribution in [1.29, 1.82) is 0 Å². The molecular weight excluding hydrogens is 312 g/mol. The summed E-state index contributed by atoms with van der Waals surface area (Å²) in [4.78, 5) is 0. The van der Waals surface area contributed by atoms with Crippen LogP contribution in [0.15, 0.2) is 0 Å². The lowest BCUT2D eigenvalue weighted by atomic mass is 9.70. The Morgan fingerprint density at radius 2 is 0.577 bits per heavy atom. The van der Waals surface area contributed by atoms with Crippen LogP contribution in [0.3, 0.4) is 0 Å². The Bertz CT molecular complexity index is 264. The van der Waals surface area contributed by atoms with Gasteiger partial charge in [-0.05, 0) is 48.3 Å². The van der Waals surface area contributed by atoms with Crippen molar-refractivity contribution < 1.29 is 0 Å². The Balaban J connectivity index is 0.000000791. The first kappa shape index (κ1) is 24.0. The first-order chi connectivity index (χ1) is 12.7. The summed E-state index contributed by atoms with van der Waals surface area (Å²) >= 11 is 0. The van der Waals surface area contributed by atoms with Crippen LogP contribution in [-0.2, 0) is 0 Å². The van der Waals surface area contributed by atoms with Gasteiger partial charge in [0.2, 0.25) is 0 Å². The summed E-state index contributed by atoms with van der Waals surface area (Å²) in [5, 5.41) is 0. The second kappa shape index (κ2) is 14.1. The average Bonchev–Trinajstić information content (AvgIpc) is 2.70. The van der Waals surface area contributed by atoms with E-state index in [1.54, 1.807) is 64.2 Å². The van der Waals surface area contributed by atoms with Crippen molar-refractivity contribution in [3.63, 3.8) is 0 Å². The van der Waals surface area contributed by atoms with E-state index in [0.717, 1.165) is 35.5 Å². The Morgan fingerprint density at radius 1 is 0.385 bits per heavy atom. The predicted octanol–water partition coefficient (Wildman–Crippen LogP) is 9.28. The van der Waals surface area contributed by atoms with E-state index < -0.39 is 0 Å². The van der Waals surface area contributed by atoms with Gasteiger partial charge in [-0.3, -0.25) is 0 Å². The molecule has 3 aliphatic carbocycles. The largest absolute Gasteiger partial charge is 0.0683 e. The highest BCUT2D eigenvalue weighted by Crippen LogP contribution is 2.41. The van der Waals surface area contributed by atoms with E-state index in [9.17, 15) is 0 Å². The predicted molar refractivity (Wildman–Crippen MR) is 120 cm³/mol. The maximum atomic E-state index is 2.45. The monoisotopic (exact) mass is 364 g/mol. The summed E-state index contributed by atoms with van der Waals surface area (Å²) in [6.45, 7) is 12.9. The summed E-state index contributed by atoms with van der Waals surface area (Å²) in [6.07, 6.45) is 21.7. The molecule has 0 N–H and O–H groups in total. The van der Waals surface area contributed by atoms with Crippen LogP contribution in [0.4, 0.5) is 0 Å². The highest BCUT2D eigenvalue weighted by Gasteiger charge is 2.28. The highest BCUT2D eigenvalue weighted by molar-refractivity contribution is 4.80. The molecule has 0 bridgehead atoms. The quantitative estimate of drug-likeness (QED) is 0.466. The van der Waals surface area contributed by atoms with Crippen molar-refractivity contribution in [3.05, 3.63) is 0 Å². The minimum absolute atomic E-state index is 1.02. The van der Waals surface area contributed by atoms with E-state index in [4.69, 9.17) is 0 Å². The van der Waals surface area contributed by atoms with E-state index in [1.165, 1.54) is 25.7 Å². The Labute approximate surface area is 167 Å². The van der Waals surface area contributed by atoms with Crippen LogP contribution < -0.4 is 0 Å². The molecule has 3 saturated carbocycles. The van der Waals surface area contributed by atoms with Gasteiger partial charge in [-0.15, -0.1) is 0 Å². The third-order valence-corrected chi connectivity index (χ3v) is 7.57. The van der Waals surface area contributed by atoms with Crippen LogP contribution in [0.2, 0.25) is 0 Å². The number of rotatable bonds is 4. The molecular formula is C26H52. The molecule has 0 aromatic rings. The van der Waals surface area contributed by atoms with Crippen LogP contribution in [0.5, 0.6) is 0 Å². The molecule has 0 saturated heterocycles. The van der Waals surface area contributed by atoms with E-state index in [0.29, 0.717) is 0 Å². The Morgan fingerprint density at radius 3 is 0.808 bits per heavy atom. The molecule has 3 fully saturated rings. The van der Waals surface area contributed by atoms with Crippen molar-refractivity contribution in [2.75, 3.05) is 0 Å². The van der Waals surface area contributed by atoms with Gasteiger partial charge in [0.25, 0.3) is 0 Å². The van der Waals surface area contributed by atoms with Crippen molar-refractivity contribution >= 4 is 0 Å². The summed E-state index contributed by atoms with van der Waals surface area (Å²) < 4.78 is 0. The molecule has 0 atom stereocenters. The molecule has 26 heavy (non-hydrogen) atoms. The molecule has 0 amide bonds. The van der Waals surface area contributed by atoms with Gasteiger partial charge in [-0.25, -0.2) is 0 Å². The molecule has 0 aromatic heterocycles. The maximum Gasteiger partial charge on any atom is -0.0411 e. The van der Waals surface area contributed by atoms with E-state index in [2.05, 4.69) is 13.8 Å². The van der Waals surface area contributed by atoms with Gasteiger partial charge in [0, 0.05) is 0 Å². The fourth-order valence-electron chi connectivity index (χ4n) is 5.78. The van der Waals surface area contributed by atoms with Crippen molar-refractivity contribution in [2.45, 2.75) is 131 Å². The van der Waals surface area contributed by atoms with Gasteiger partial charge in [-0.2, -0.15) is 0 Å². The molecule has 0 spiro atoms. The summed E-state index contributed by atoms with van der Waals surface area (Å²) in [6, 6.07) is 0. The van der Waals surface area contributed by atoms with Gasteiger partial charge in [-0.1, -0.05) is 119 Å². The molecule has 0 heterocycles. The smallest absolute Gasteiger partial charge is 0.0411 e. The van der Waals surface area contributed by atoms with E-state index in [-0.39, 0.29) is 0 Å². The standard InChI is InChI=1S/C22H40.2C2H6/c1-17-3-7-19(8-4-17)15-21-11-13-22(14-12-21)16-20-9-5-18(2)6-10-20;2*1-2/h17-22H,3-16H2,1-2H3;2*1-2H3. The molecule has 0 unspecified atom stereocenters. The topological polar surface area (TPSA) is 0 Å². The second-order valence-electron chi connectivity index (χ2n) is 9.61. The van der Waals surface area contributed by atoms with Crippen molar-refractivity contribution in [3.8, 4) is 0 Å². The molecule has 0 aromatic carbocycles. The first-order valence-corrected chi connectivity index (χ1v) is 12.7. The molecule has 0 radical (unpaired) electrons. The zero-order valence-corrected chi connectivity index (χ0v) is 19.4. The van der Waals surface area contributed by atoms with Gasteiger partial charge in [0.05, 0.1) is 0 Å². The van der Waals surface area contributed by atoms with Gasteiger partial charge >= 0.3 is 0 Å². The molecule has 3 rings (SSSR count). The lowest BCUT2D eigenvalue weighted by Crippen LogP contribution is -2.22. The maximum absolute atomic E-state index is 2.45. The SMILES string of the molecule is CC.CC.CC1CCC(CC2CCC(CC3CCC(C)CC3)CC2)CC1. The number of hydrogen-bond donors (Lipinski definition) is 0. The Kier molecular flexibility index (Phi) is 13.0. The zero-order valence-electron chi connectivity index (χ0n) is 19.4. The zero-order chi connectivity index (χ0) is 19.4. The normalized spacial score (nSPS) is 37.6. The molecule has 0 nitrogen and oxygen atoms in total. The fourth-order valence-corrected chi connectivity index (χ4v) is 5.78. The van der Waals surface area contributed by atoms with E-state index >= 15 is 0 Å². The van der Waals surface area contributed by atoms with Crippen LogP contribution in [0, 0.1) is 35.5 Å². The first-order valence-electron chi connectivity index (χ1n) is 12.7. The van der Waals surface area contributed by atoms with Gasteiger partial charge in [0.15, 0.2) is 0 Å². The van der Waals surface area contributed by atoms with Gasteiger partial charge in [0.1, 0.15) is 0 Å². The highest BCUT2D eigenvalue weighted by atomic mass is 14.3. The molecule has 0 heteroatoms. The summed E-state index contributed by atoms with van der Waals surface area (Å²) in [5.41, 5.74) is 0. The summed E-state index contributed by atoms with van der Waals surface area (Å²) in [7, 11) is 0. The fraction of sp³-hybridized carbons (Fsp3) is 1.00. The van der Waals surface area contributed by atoms with Crippen LogP contribution in [0.25, 0.3) is 0 Å². The van der Waals surface area contributed by atoms with Crippen molar-refractivity contribution in [2.24, 2.45) is 35.5 Å². The second-order valence-corrected chi connectivity index (χ2v) is 9.61. The Hall–Kier alpha value is 0. The van der Waals surface area contributed by atoms with E-state index in [1.807, 2.05) is 27.7 Å². The molecule has 156 valence electrons. The minimum Gasteiger partial charge on any atom is -0.0683 e.